The Morgan fingerprint density at radius 3 is 2.34 bits per heavy atom. The number of amides is 1. The highest BCUT2D eigenvalue weighted by Crippen LogP contribution is 2.42. The van der Waals surface area contributed by atoms with Crippen LogP contribution in [-0.2, 0) is 16.1 Å². The van der Waals surface area contributed by atoms with Gasteiger partial charge in [-0.3, -0.25) is 9.59 Å². The maximum Gasteiger partial charge on any atom is 0.295 e. The van der Waals surface area contributed by atoms with Crippen molar-refractivity contribution in [1.29, 1.82) is 0 Å². The summed E-state index contributed by atoms with van der Waals surface area (Å²) in [5, 5.41) is 11.3. The highest BCUT2D eigenvalue weighted by atomic mass is 19.1. The van der Waals surface area contributed by atoms with Gasteiger partial charge in [-0.05, 0) is 53.4 Å². The molecule has 4 rings (SSSR count). The van der Waals surface area contributed by atoms with Gasteiger partial charge in [-0.15, -0.1) is 0 Å². The highest BCUT2D eigenvalue weighted by molar-refractivity contribution is 6.46. The molecule has 0 bridgehead atoms. The molecule has 5 nitrogen and oxygen atoms in total. The molecule has 1 fully saturated rings. The Kier molecular flexibility index (Phi) is 6.69. The van der Waals surface area contributed by atoms with Crippen LogP contribution in [0.1, 0.15) is 48.1 Å². The average molecular weight is 478 g/mol. The summed E-state index contributed by atoms with van der Waals surface area (Å²) in [6.45, 7) is 3.85. The van der Waals surface area contributed by atoms with Gasteiger partial charge in [0.15, 0.2) is 0 Å². The minimum Gasteiger partial charge on any atom is -0.507 e. The number of likely N-dealkylation sites (tertiary alicyclic amines) is 1. The normalized spacial score (nSPS) is 17.3. The molecule has 1 amide bonds. The molecule has 35 heavy (non-hydrogen) atoms. The predicted octanol–water partition coefficient (Wildman–Crippen LogP) is 5.72. The van der Waals surface area contributed by atoms with Crippen LogP contribution in [-0.4, -0.2) is 28.8 Å². The van der Waals surface area contributed by atoms with Crippen LogP contribution in [0.5, 0.6) is 5.75 Å². The lowest BCUT2D eigenvalue weighted by atomic mass is 9.93. The molecule has 1 aliphatic rings. The number of hydrogen-bond donors (Lipinski definition) is 1. The third-order valence-corrected chi connectivity index (χ3v) is 6.13. The van der Waals surface area contributed by atoms with Crippen molar-refractivity contribution in [2.75, 3.05) is 7.11 Å². The fraction of sp³-hybridized carbons (Fsp3) is 0.214. The fourth-order valence-electron chi connectivity index (χ4n) is 4.34. The minimum atomic E-state index is -1.16. The summed E-state index contributed by atoms with van der Waals surface area (Å²) >= 11 is 0. The maximum absolute atomic E-state index is 14.9. The van der Waals surface area contributed by atoms with E-state index in [0.717, 1.165) is 5.56 Å². The van der Waals surface area contributed by atoms with Gasteiger partial charge >= 0.3 is 0 Å². The topological polar surface area (TPSA) is 66.8 Å². The molecule has 0 aromatic heterocycles. The number of hydrogen-bond acceptors (Lipinski definition) is 4. The highest BCUT2D eigenvalue weighted by Gasteiger charge is 2.47. The largest absolute Gasteiger partial charge is 0.507 e. The quantitative estimate of drug-likeness (QED) is 0.280. The Hall–Kier alpha value is -4.00. The Bertz CT molecular complexity index is 1310. The summed E-state index contributed by atoms with van der Waals surface area (Å²) in [4.78, 5) is 27.5. The zero-order valence-corrected chi connectivity index (χ0v) is 19.6. The molecular weight excluding hydrogens is 452 g/mol. The minimum absolute atomic E-state index is 0.0564. The molecule has 3 aromatic carbocycles. The second-order valence-electron chi connectivity index (χ2n) is 8.69. The summed E-state index contributed by atoms with van der Waals surface area (Å²) in [6, 6.07) is 15.1. The maximum atomic E-state index is 14.9. The molecule has 1 heterocycles. The molecule has 180 valence electrons. The summed E-state index contributed by atoms with van der Waals surface area (Å²) in [7, 11) is 1.54. The van der Waals surface area contributed by atoms with Gasteiger partial charge in [-0.2, -0.15) is 0 Å². The van der Waals surface area contributed by atoms with Gasteiger partial charge < -0.3 is 14.7 Å². The molecule has 1 N–H and O–H groups in total. The summed E-state index contributed by atoms with van der Waals surface area (Å²) < 4.78 is 33.7. The molecule has 1 aliphatic heterocycles. The van der Waals surface area contributed by atoms with E-state index >= 15 is 0 Å². The smallest absolute Gasteiger partial charge is 0.295 e. The van der Waals surface area contributed by atoms with Crippen LogP contribution in [0.3, 0.4) is 0 Å². The van der Waals surface area contributed by atoms with Crippen LogP contribution < -0.4 is 4.74 Å². The van der Waals surface area contributed by atoms with Crippen molar-refractivity contribution in [1.82, 2.24) is 4.90 Å². The number of ether oxygens (including phenoxy) is 1. The van der Waals surface area contributed by atoms with E-state index in [1.54, 1.807) is 31.4 Å². The fourth-order valence-corrected chi connectivity index (χ4v) is 4.34. The summed E-state index contributed by atoms with van der Waals surface area (Å²) in [6.07, 6.45) is 0. The first-order chi connectivity index (χ1) is 16.7. The van der Waals surface area contributed by atoms with Crippen LogP contribution in [0.15, 0.2) is 72.3 Å². The molecule has 0 saturated carbocycles. The first-order valence-corrected chi connectivity index (χ1v) is 11.2. The average Bonchev–Trinajstić information content (AvgIpc) is 3.09. The Morgan fingerprint density at radius 1 is 1.03 bits per heavy atom. The zero-order chi connectivity index (χ0) is 25.3. The van der Waals surface area contributed by atoms with Crippen molar-refractivity contribution < 1.29 is 28.2 Å². The molecule has 7 heteroatoms. The Morgan fingerprint density at radius 2 is 1.71 bits per heavy atom. The lowest BCUT2D eigenvalue weighted by Crippen LogP contribution is -2.29. The molecule has 0 aliphatic carbocycles. The number of Topliss-reactive ketones (excluding diaryl/α,β-unsaturated/α-hetero) is 1. The van der Waals surface area contributed by atoms with Crippen LogP contribution in [0.4, 0.5) is 8.78 Å². The second kappa shape index (κ2) is 9.70. The van der Waals surface area contributed by atoms with E-state index < -0.39 is 35.1 Å². The molecule has 0 radical (unpaired) electrons. The van der Waals surface area contributed by atoms with E-state index in [-0.39, 0.29) is 23.6 Å². The van der Waals surface area contributed by atoms with Crippen molar-refractivity contribution in [2.24, 2.45) is 0 Å². The molecule has 1 atom stereocenters. The van der Waals surface area contributed by atoms with E-state index in [0.29, 0.717) is 16.9 Å². The number of carbonyl (C=O) groups excluding carboxylic acids is 2. The van der Waals surface area contributed by atoms with Crippen molar-refractivity contribution >= 4 is 17.4 Å². The summed E-state index contributed by atoms with van der Waals surface area (Å²) in [5.74, 6) is -2.57. The number of carbonyl (C=O) groups is 2. The number of ketones is 1. The third kappa shape index (κ3) is 4.54. The van der Waals surface area contributed by atoms with Gasteiger partial charge in [0.1, 0.15) is 23.1 Å². The lowest BCUT2D eigenvalue weighted by Gasteiger charge is -2.26. The van der Waals surface area contributed by atoms with Crippen molar-refractivity contribution in [2.45, 2.75) is 32.4 Å². The van der Waals surface area contributed by atoms with E-state index in [2.05, 4.69) is 0 Å². The van der Waals surface area contributed by atoms with E-state index in [1.807, 2.05) is 13.8 Å². The number of nitrogens with zero attached hydrogens (tertiary/aromatic N) is 1. The van der Waals surface area contributed by atoms with Crippen molar-refractivity contribution in [3.63, 3.8) is 0 Å². The van der Waals surface area contributed by atoms with Gasteiger partial charge in [0, 0.05) is 17.7 Å². The van der Waals surface area contributed by atoms with Gasteiger partial charge in [0.05, 0.1) is 18.7 Å². The van der Waals surface area contributed by atoms with Crippen LogP contribution in [0, 0.1) is 11.6 Å². The molecule has 3 aromatic rings. The van der Waals surface area contributed by atoms with Crippen LogP contribution >= 0.6 is 0 Å². The van der Waals surface area contributed by atoms with E-state index in [1.165, 1.54) is 47.4 Å². The van der Waals surface area contributed by atoms with Crippen molar-refractivity contribution in [3.8, 4) is 5.75 Å². The molecule has 1 saturated heterocycles. The first kappa shape index (κ1) is 24.1. The number of rotatable bonds is 6. The van der Waals surface area contributed by atoms with Crippen LogP contribution in [0.25, 0.3) is 5.76 Å². The number of aliphatic hydroxyl groups excluding tert-OH is 1. The molecule has 1 unspecified atom stereocenters. The van der Waals surface area contributed by atoms with E-state index in [4.69, 9.17) is 4.74 Å². The predicted molar refractivity (Wildman–Crippen MR) is 128 cm³/mol. The van der Waals surface area contributed by atoms with Gasteiger partial charge in [-0.25, -0.2) is 8.78 Å². The van der Waals surface area contributed by atoms with Gasteiger partial charge in [-0.1, -0.05) is 44.2 Å². The number of methoxy groups -OCH3 is 1. The zero-order valence-electron chi connectivity index (χ0n) is 19.6. The van der Waals surface area contributed by atoms with Crippen LogP contribution in [0.2, 0.25) is 0 Å². The molecular formula is C28H25F2NO4. The standard InChI is InChI=1S/C28H25F2NO4/c1-16(2)21-14-18(10-13-23(21)35-3)26(32)24-25(20-6-4-5-7-22(20)30)31(28(34)27(24)33)15-17-8-11-19(29)12-9-17/h4-14,16,25,32H,15H2,1-3H3/b26-24+. The van der Waals surface area contributed by atoms with Crippen molar-refractivity contribution in [3.05, 3.63) is 106 Å². The lowest BCUT2D eigenvalue weighted by molar-refractivity contribution is -0.140. The van der Waals surface area contributed by atoms with Gasteiger partial charge in [0.2, 0.25) is 0 Å². The van der Waals surface area contributed by atoms with Gasteiger partial charge in [0.25, 0.3) is 11.7 Å². The SMILES string of the molecule is COc1ccc(/C(O)=C2\C(=O)C(=O)N(Cc3ccc(F)cc3)C2c2ccccc2F)cc1C(C)C. The summed E-state index contributed by atoms with van der Waals surface area (Å²) in [5.41, 5.74) is 1.55. The Balaban J connectivity index is 1.89. The van der Waals surface area contributed by atoms with E-state index in [9.17, 15) is 23.5 Å². The molecule has 0 spiro atoms. The second-order valence-corrected chi connectivity index (χ2v) is 8.69. The number of halogens is 2. The Labute approximate surface area is 202 Å². The number of aliphatic hydroxyl groups is 1. The third-order valence-electron chi connectivity index (χ3n) is 6.13. The number of benzene rings is 3. The monoisotopic (exact) mass is 477 g/mol. The first-order valence-electron chi connectivity index (χ1n) is 11.2.